The summed E-state index contributed by atoms with van der Waals surface area (Å²) in [7, 11) is 0. The quantitative estimate of drug-likeness (QED) is 0.649. The van der Waals surface area contributed by atoms with Crippen LogP contribution in [0, 0.1) is 0 Å². The van der Waals surface area contributed by atoms with E-state index in [9.17, 15) is 9.59 Å². The van der Waals surface area contributed by atoms with Gasteiger partial charge in [0.1, 0.15) is 5.75 Å². The minimum absolute atomic E-state index is 0.178. The highest BCUT2D eigenvalue weighted by Crippen LogP contribution is 2.17. The van der Waals surface area contributed by atoms with Crippen molar-refractivity contribution in [3.05, 3.63) is 24.3 Å². The van der Waals surface area contributed by atoms with Crippen molar-refractivity contribution in [3.63, 3.8) is 0 Å². The molecule has 21 heavy (non-hydrogen) atoms. The summed E-state index contributed by atoms with van der Waals surface area (Å²) in [5.74, 6) is -0.644. The van der Waals surface area contributed by atoms with Gasteiger partial charge in [0.25, 0.3) is 0 Å². The van der Waals surface area contributed by atoms with Crippen LogP contribution in [0.4, 0.5) is 10.5 Å². The van der Waals surface area contributed by atoms with Crippen LogP contribution in [-0.4, -0.2) is 42.8 Å². The van der Waals surface area contributed by atoms with Gasteiger partial charge in [0.2, 0.25) is 0 Å². The van der Waals surface area contributed by atoms with E-state index in [0.717, 1.165) is 25.9 Å². The molecule has 4 N–H and O–H groups in total. The Labute approximate surface area is 122 Å². The topological polar surface area (TPSA) is 99.7 Å². The first-order valence-electron chi connectivity index (χ1n) is 6.86. The maximum atomic E-state index is 11.9. The Balaban J connectivity index is 1.85. The van der Waals surface area contributed by atoms with Crippen LogP contribution in [0.5, 0.6) is 5.75 Å². The molecule has 7 nitrogen and oxygen atoms in total. The molecule has 1 saturated heterocycles. The fourth-order valence-electron chi connectivity index (χ4n) is 2.13. The van der Waals surface area contributed by atoms with Crippen LogP contribution in [0.3, 0.4) is 0 Å². The first-order valence-corrected chi connectivity index (χ1v) is 6.86. The highest BCUT2D eigenvalue weighted by Gasteiger charge is 2.15. The summed E-state index contributed by atoms with van der Waals surface area (Å²) in [4.78, 5) is 22.3. The van der Waals surface area contributed by atoms with Crippen LogP contribution in [0.15, 0.2) is 24.3 Å². The third kappa shape index (κ3) is 5.31. The largest absolute Gasteiger partial charge is 0.482 e. The number of carboxylic acid groups (broad SMARTS) is 1. The van der Waals surface area contributed by atoms with Gasteiger partial charge in [0.05, 0.1) is 0 Å². The number of anilines is 1. The number of piperidine rings is 1. The average Bonchev–Trinajstić information content (AvgIpc) is 2.46. The first kappa shape index (κ1) is 15.1. The fraction of sp³-hybridized carbons (Fsp3) is 0.429. The number of hydrogen-bond acceptors (Lipinski definition) is 4. The van der Waals surface area contributed by atoms with Crippen LogP contribution in [0.25, 0.3) is 0 Å². The second-order valence-corrected chi connectivity index (χ2v) is 4.83. The van der Waals surface area contributed by atoms with Gasteiger partial charge in [0.15, 0.2) is 6.61 Å². The van der Waals surface area contributed by atoms with E-state index in [1.807, 2.05) is 0 Å². The van der Waals surface area contributed by atoms with Crippen LogP contribution < -0.4 is 20.7 Å². The second kappa shape index (κ2) is 7.49. The lowest BCUT2D eigenvalue weighted by atomic mass is 10.1. The Morgan fingerprint density at radius 2 is 2.10 bits per heavy atom. The maximum absolute atomic E-state index is 11.9. The minimum atomic E-state index is -1.04. The molecule has 2 amide bonds. The molecule has 0 spiro atoms. The van der Waals surface area contributed by atoms with Gasteiger partial charge < -0.3 is 25.8 Å². The van der Waals surface area contributed by atoms with Gasteiger partial charge in [0, 0.05) is 17.8 Å². The van der Waals surface area contributed by atoms with E-state index in [-0.39, 0.29) is 12.1 Å². The van der Waals surface area contributed by atoms with Crippen LogP contribution in [0.2, 0.25) is 0 Å². The maximum Gasteiger partial charge on any atom is 0.341 e. The number of nitrogens with one attached hydrogen (secondary N) is 3. The molecule has 0 saturated carbocycles. The molecule has 7 heteroatoms. The fourth-order valence-corrected chi connectivity index (χ4v) is 2.13. The van der Waals surface area contributed by atoms with Crippen molar-refractivity contribution in [2.24, 2.45) is 0 Å². The third-order valence-electron chi connectivity index (χ3n) is 3.13. The SMILES string of the molecule is O=C(O)COc1cccc(NC(=O)NC2CCNCC2)c1. The summed E-state index contributed by atoms with van der Waals surface area (Å²) >= 11 is 0. The highest BCUT2D eigenvalue weighted by molar-refractivity contribution is 5.89. The number of ether oxygens (including phenoxy) is 1. The molecule has 0 aromatic heterocycles. The molecule has 0 bridgehead atoms. The lowest BCUT2D eigenvalue weighted by molar-refractivity contribution is -0.139. The van der Waals surface area contributed by atoms with Crippen molar-refractivity contribution >= 4 is 17.7 Å². The van der Waals surface area contributed by atoms with E-state index in [0.29, 0.717) is 11.4 Å². The van der Waals surface area contributed by atoms with E-state index in [1.54, 1.807) is 24.3 Å². The Morgan fingerprint density at radius 1 is 1.33 bits per heavy atom. The molecule has 114 valence electrons. The van der Waals surface area contributed by atoms with E-state index in [1.165, 1.54) is 0 Å². The van der Waals surface area contributed by atoms with Crippen molar-refractivity contribution in [2.45, 2.75) is 18.9 Å². The average molecular weight is 293 g/mol. The number of aliphatic carboxylic acids is 1. The number of rotatable bonds is 5. The Bertz CT molecular complexity index is 501. The molecule has 1 aliphatic rings. The number of carbonyl (C=O) groups is 2. The third-order valence-corrected chi connectivity index (χ3v) is 3.13. The normalized spacial score (nSPS) is 15.2. The Kier molecular flexibility index (Phi) is 5.39. The second-order valence-electron chi connectivity index (χ2n) is 4.83. The molecule has 1 aliphatic heterocycles. The van der Waals surface area contributed by atoms with Gasteiger partial charge in [-0.05, 0) is 38.1 Å². The molecule has 0 atom stereocenters. The number of urea groups is 1. The smallest absolute Gasteiger partial charge is 0.341 e. The van der Waals surface area contributed by atoms with Crippen LogP contribution in [-0.2, 0) is 4.79 Å². The standard InChI is InChI=1S/C14H19N3O4/c18-13(19)9-21-12-3-1-2-11(8-12)17-14(20)16-10-4-6-15-7-5-10/h1-3,8,10,15H,4-7,9H2,(H,18,19)(H2,16,17,20). The zero-order valence-electron chi connectivity index (χ0n) is 11.6. The predicted molar refractivity (Wildman–Crippen MR) is 77.6 cm³/mol. The van der Waals surface area contributed by atoms with Gasteiger partial charge in [-0.15, -0.1) is 0 Å². The summed E-state index contributed by atoms with van der Waals surface area (Å²) in [5.41, 5.74) is 0.560. The van der Waals surface area contributed by atoms with E-state index < -0.39 is 12.6 Å². The highest BCUT2D eigenvalue weighted by atomic mass is 16.5. The van der Waals surface area contributed by atoms with Crippen LogP contribution in [0.1, 0.15) is 12.8 Å². The van der Waals surface area contributed by atoms with Crippen LogP contribution >= 0.6 is 0 Å². The monoisotopic (exact) mass is 293 g/mol. The molecule has 1 fully saturated rings. The number of carbonyl (C=O) groups excluding carboxylic acids is 1. The van der Waals surface area contributed by atoms with Gasteiger partial charge in [-0.3, -0.25) is 0 Å². The molecule has 1 aromatic rings. The summed E-state index contributed by atoms with van der Waals surface area (Å²) in [6.45, 7) is 1.40. The number of hydrogen-bond donors (Lipinski definition) is 4. The van der Waals surface area contributed by atoms with Crippen molar-refractivity contribution < 1.29 is 19.4 Å². The van der Waals surface area contributed by atoms with Crippen molar-refractivity contribution in [1.29, 1.82) is 0 Å². The summed E-state index contributed by atoms with van der Waals surface area (Å²) in [6.07, 6.45) is 1.82. The number of amides is 2. The zero-order chi connectivity index (χ0) is 15.1. The molecule has 1 heterocycles. The summed E-state index contributed by atoms with van der Waals surface area (Å²) in [5, 5.41) is 17.4. The van der Waals surface area contributed by atoms with Gasteiger partial charge in [-0.1, -0.05) is 6.07 Å². The molecule has 0 aliphatic carbocycles. The van der Waals surface area contributed by atoms with Crippen molar-refractivity contribution in [3.8, 4) is 5.75 Å². The van der Waals surface area contributed by atoms with E-state index >= 15 is 0 Å². The molecule has 2 rings (SSSR count). The zero-order valence-corrected chi connectivity index (χ0v) is 11.6. The molecule has 1 aromatic carbocycles. The first-order chi connectivity index (χ1) is 10.1. The molecule has 0 unspecified atom stereocenters. The molecule has 0 radical (unpaired) electrons. The van der Waals surface area contributed by atoms with E-state index in [4.69, 9.17) is 9.84 Å². The Hall–Kier alpha value is -2.28. The minimum Gasteiger partial charge on any atom is -0.482 e. The van der Waals surface area contributed by atoms with Crippen molar-refractivity contribution in [2.75, 3.05) is 25.0 Å². The lowest BCUT2D eigenvalue weighted by Gasteiger charge is -2.23. The van der Waals surface area contributed by atoms with Gasteiger partial charge in [-0.25, -0.2) is 9.59 Å². The lowest BCUT2D eigenvalue weighted by Crippen LogP contribution is -2.44. The molecular formula is C14H19N3O4. The Morgan fingerprint density at radius 3 is 2.81 bits per heavy atom. The summed E-state index contributed by atoms with van der Waals surface area (Å²) in [6, 6.07) is 6.55. The summed E-state index contributed by atoms with van der Waals surface area (Å²) < 4.78 is 5.06. The predicted octanol–water partition coefficient (Wildman–Crippen LogP) is 1.02. The number of carboxylic acids is 1. The van der Waals surface area contributed by atoms with E-state index in [2.05, 4.69) is 16.0 Å². The van der Waals surface area contributed by atoms with Gasteiger partial charge >= 0.3 is 12.0 Å². The molecular weight excluding hydrogens is 274 g/mol. The van der Waals surface area contributed by atoms with Gasteiger partial charge in [-0.2, -0.15) is 0 Å². The number of benzene rings is 1. The van der Waals surface area contributed by atoms with Crippen molar-refractivity contribution in [1.82, 2.24) is 10.6 Å².